The summed E-state index contributed by atoms with van der Waals surface area (Å²) in [5, 5.41) is 22.0. The van der Waals surface area contributed by atoms with Crippen LogP contribution in [0.5, 0.6) is 0 Å². The van der Waals surface area contributed by atoms with Crippen molar-refractivity contribution in [3.8, 4) is 0 Å². The molecule has 4 heteroatoms. The molecule has 0 aromatic heterocycles. The van der Waals surface area contributed by atoms with Crippen molar-refractivity contribution >= 4 is 5.97 Å². The summed E-state index contributed by atoms with van der Waals surface area (Å²) in [6.45, 7) is 12.8. The summed E-state index contributed by atoms with van der Waals surface area (Å²) < 4.78 is 6.42. The molecule has 212 valence electrons. The zero-order chi connectivity index (χ0) is 27.0. The number of carboxylic acids is 1. The molecule has 6 aliphatic carbocycles. The zero-order valence-corrected chi connectivity index (χ0v) is 24.7. The van der Waals surface area contributed by atoms with Crippen molar-refractivity contribution in [2.75, 3.05) is 6.61 Å². The summed E-state index contributed by atoms with van der Waals surface area (Å²) in [4.78, 5) is 12.5. The molecule has 1 saturated heterocycles. The van der Waals surface area contributed by atoms with Gasteiger partial charge >= 0.3 is 5.97 Å². The molecular formula is C34H52O4. The van der Waals surface area contributed by atoms with Crippen LogP contribution < -0.4 is 0 Å². The van der Waals surface area contributed by atoms with Crippen LogP contribution in [-0.2, 0) is 9.53 Å². The van der Waals surface area contributed by atoms with Gasteiger partial charge in [-0.25, -0.2) is 0 Å². The second-order valence-electron chi connectivity index (χ2n) is 16.6. The highest BCUT2D eigenvalue weighted by molar-refractivity contribution is 5.74. The van der Waals surface area contributed by atoms with Crippen LogP contribution in [0.1, 0.15) is 118 Å². The van der Waals surface area contributed by atoms with Crippen molar-refractivity contribution in [3.05, 3.63) is 12.2 Å². The molecular weight excluding hydrogens is 472 g/mol. The number of aliphatic hydroxyl groups is 1. The number of carboxylic acid groups (broad SMARTS) is 1. The normalized spacial score (nSPS) is 60.3. The number of aliphatic carboxylic acids is 1. The Morgan fingerprint density at radius 2 is 1.63 bits per heavy atom. The predicted octanol–water partition coefficient (Wildman–Crippen LogP) is 7.60. The third-order valence-electron chi connectivity index (χ3n) is 15.5. The number of allylic oxidation sites excluding steroid dienone is 2. The summed E-state index contributed by atoms with van der Waals surface area (Å²) in [5.41, 5.74) is 0.514. The monoisotopic (exact) mass is 524 g/mol. The van der Waals surface area contributed by atoms with Crippen LogP contribution >= 0.6 is 0 Å². The minimum absolute atomic E-state index is 0.120. The van der Waals surface area contributed by atoms with Gasteiger partial charge in [-0.3, -0.25) is 4.79 Å². The van der Waals surface area contributed by atoms with Crippen LogP contribution in [0.3, 0.4) is 0 Å². The molecule has 0 aromatic rings. The topological polar surface area (TPSA) is 66.8 Å². The van der Waals surface area contributed by atoms with Crippen molar-refractivity contribution < 1.29 is 19.7 Å². The highest BCUT2D eigenvalue weighted by Crippen LogP contribution is 2.81. The van der Waals surface area contributed by atoms with Crippen LogP contribution in [0, 0.1) is 62.1 Å². The molecule has 7 rings (SSSR count). The predicted molar refractivity (Wildman–Crippen MR) is 148 cm³/mol. The number of hydrogen-bond donors (Lipinski definition) is 2. The molecule has 1 aliphatic heterocycles. The molecule has 12 atom stereocenters. The van der Waals surface area contributed by atoms with E-state index in [1.165, 1.54) is 44.9 Å². The van der Waals surface area contributed by atoms with Gasteiger partial charge in [0.1, 0.15) is 0 Å². The highest BCUT2D eigenvalue weighted by atomic mass is 16.6. The van der Waals surface area contributed by atoms with Crippen LogP contribution in [0.4, 0.5) is 0 Å². The lowest BCUT2D eigenvalue weighted by molar-refractivity contribution is -0.282. The fraction of sp³-hybridized carbons (Fsp3) is 0.912. The molecule has 2 bridgehead atoms. The number of hydrogen-bond acceptors (Lipinski definition) is 3. The largest absolute Gasteiger partial charge is 0.481 e. The maximum Gasteiger partial charge on any atom is 0.309 e. The van der Waals surface area contributed by atoms with E-state index in [4.69, 9.17) is 4.74 Å². The van der Waals surface area contributed by atoms with E-state index >= 15 is 0 Å². The first-order valence-electron chi connectivity index (χ1n) is 16.1. The Hall–Kier alpha value is -0.870. The molecule has 6 fully saturated rings. The summed E-state index contributed by atoms with van der Waals surface area (Å²) in [6.07, 6.45) is 19.4. The maximum atomic E-state index is 12.5. The lowest BCUT2D eigenvalue weighted by atomic mass is 9.28. The molecule has 1 heterocycles. The molecule has 2 spiro atoms. The van der Waals surface area contributed by atoms with E-state index < -0.39 is 17.2 Å². The van der Waals surface area contributed by atoms with Crippen molar-refractivity contribution in [2.24, 2.45) is 62.1 Å². The zero-order valence-electron chi connectivity index (χ0n) is 24.7. The van der Waals surface area contributed by atoms with Crippen molar-refractivity contribution in [3.63, 3.8) is 0 Å². The van der Waals surface area contributed by atoms with Gasteiger partial charge in [-0.05, 0) is 123 Å². The molecule has 2 N–H and O–H groups in total. The first kappa shape index (κ1) is 26.1. The van der Waals surface area contributed by atoms with Crippen LogP contribution in [0.25, 0.3) is 0 Å². The summed E-state index contributed by atoms with van der Waals surface area (Å²) >= 11 is 0. The fourth-order valence-corrected chi connectivity index (χ4v) is 13.5. The minimum Gasteiger partial charge on any atom is -0.481 e. The quantitative estimate of drug-likeness (QED) is 0.373. The van der Waals surface area contributed by atoms with E-state index in [0.29, 0.717) is 29.1 Å². The van der Waals surface area contributed by atoms with Gasteiger partial charge in [-0.2, -0.15) is 0 Å². The first-order valence-corrected chi connectivity index (χ1v) is 16.1. The molecule has 0 radical (unpaired) electrons. The van der Waals surface area contributed by atoms with Gasteiger partial charge in [0.25, 0.3) is 0 Å². The van der Waals surface area contributed by atoms with Crippen LogP contribution in [0.2, 0.25) is 0 Å². The Labute approximate surface area is 230 Å². The SMILES string of the molecule is CCC[C@@H]1[C@]23CC[C@H]4[C@@]5(CC=C[C@@H](C[C@]1(O)OC2)[C@H]35)CC[C@@]1(C)[C@@H]2C[C@](C)(C(=O)O)CC[C@]2(C)CC[C@]41C. The third-order valence-corrected chi connectivity index (χ3v) is 15.5. The first-order chi connectivity index (χ1) is 17.8. The lowest BCUT2D eigenvalue weighted by Crippen LogP contribution is -2.70. The van der Waals surface area contributed by atoms with E-state index in [1.54, 1.807) is 0 Å². The van der Waals surface area contributed by atoms with Gasteiger partial charge in [-0.15, -0.1) is 0 Å². The van der Waals surface area contributed by atoms with E-state index in [0.717, 1.165) is 45.1 Å². The highest BCUT2D eigenvalue weighted by Gasteiger charge is 2.77. The maximum absolute atomic E-state index is 12.5. The van der Waals surface area contributed by atoms with E-state index in [2.05, 4.69) is 39.8 Å². The van der Waals surface area contributed by atoms with Crippen molar-refractivity contribution in [1.82, 2.24) is 0 Å². The molecule has 38 heavy (non-hydrogen) atoms. The lowest BCUT2D eigenvalue weighted by Gasteiger charge is -2.76. The Balaban J connectivity index is 1.32. The number of fused-ring (bicyclic) bond motifs is 5. The van der Waals surface area contributed by atoms with Gasteiger partial charge in [0, 0.05) is 17.8 Å². The number of rotatable bonds is 3. The van der Waals surface area contributed by atoms with Gasteiger partial charge in [-0.1, -0.05) is 46.3 Å². The van der Waals surface area contributed by atoms with Crippen LogP contribution in [-0.4, -0.2) is 28.6 Å². The van der Waals surface area contributed by atoms with E-state index in [9.17, 15) is 15.0 Å². The number of ether oxygens (including phenoxy) is 1. The summed E-state index contributed by atoms with van der Waals surface area (Å²) in [7, 11) is 0. The van der Waals surface area contributed by atoms with E-state index in [-0.39, 0.29) is 27.6 Å². The van der Waals surface area contributed by atoms with Gasteiger partial charge in [0.2, 0.25) is 0 Å². The summed E-state index contributed by atoms with van der Waals surface area (Å²) in [6, 6.07) is 0. The molecule has 0 amide bonds. The Kier molecular flexibility index (Phi) is 5.28. The van der Waals surface area contributed by atoms with Gasteiger partial charge < -0.3 is 14.9 Å². The third kappa shape index (κ3) is 2.84. The Bertz CT molecular complexity index is 1070. The Morgan fingerprint density at radius 1 is 0.921 bits per heavy atom. The smallest absolute Gasteiger partial charge is 0.309 e. The minimum atomic E-state index is -0.935. The molecule has 5 saturated carbocycles. The number of carbonyl (C=O) groups is 1. The Morgan fingerprint density at radius 3 is 2.37 bits per heavy atom. The second-order valence-corrected chi connectivity index (χ2v) is 16.6. The van der Waals surface area contributed by atoms with Gasteiger partial charge in [0.15, 0.2) is 5.79 Å². The molecule has 7 aliphatic rings. The van der Waals surface area contributed by atoms with Crippen LogP contribution in [0.15, 0.2) is 12.2 Å². The average Bonchev–Trinajstić information content (AvgIpc) is 3.04. The molecule has 4 nitrogen and oxygen atoms in total. The average molecular weight is 525 g/mol. The van der Waals surface area contributed by atoms with Gasteiger partial charge in [0.05, 0.1) is 12.0 Å². The standard InChI is InChI=1S/C34H52O4/c1-6-8-24-33-12-10-23-30(4)16-15-28(2)13-14-29(3,27(35)36)20-25(28)31(30,5)17-18-32(23)11-7-9-22(26(32)33)19-34(24,37)38-21-33/h7,9,22-26,37H,6,8,10-21H2,1-5H3,(H,35,36)/t22-,23+,24+,25+,26-,28+,29+,30+,31-,32+,33-,34-/m0/s1. The van der Waals surface area contributed by atoms with E-state index in [1.807, 2.05) is 6.92 Å². The van der Waals surface area contributed by atoms with Crippen molar-refractivity contribution in [1.29, 1.82) is 0 Å². The molecule has 0 unspecified atom stereocenters. The van der Waals surface area contributed by atoms with Crippen molar-refractivity contribution in [2.45, 2.75) is 124 Å². The second kappa shape index (κ2) is 7.69. The molecule has 0 aromatic carbocycles. The fourth-order valence-electron chi connectivity index (χ4n) is 13.5. The summed E-state index contributed by atoms with van der Waals surface area (Å²) in [5.74, 6) is 0.953.